The molecule has 0 radical (unpaired) electrons. The molecule has 0 aromatic heterocycles. The Morgan fingerprint density at radius 2 is 0.922 bits per heavy atom. The second kappa shape index (κ2) is 39.3. The summed E-state index contributed by atoms with van der Waals surface area (Å²) in [6.45, 7) is 3.71. The first-order chi connectivity index (χ1) is 30.8. The zero-order valence-corrected chi connectivity index (χ0v) is 40.6. The van der Waals surface area contributed by atoms with Gasteiger partial charge >= 0.3 is 7.82 Å². The van der Waals surface area contributed by atoms with Gasteiger partial charge in [-0.25, -0.2) is 4.57 Å². The van der Waals surface area contributed by atoms with Gasteiger partial charge in [0.25, 0.3) is 0 Å². The fourth-order valence-corrected chi connectivity index (χ4v) is 8.70. The number of hydrogen-bond acceptors (Lipinski definition) is 11. The lowest BCUT2D eigenvalue weighted by molar-refractivity contribution is -0.220. The van der Waals surface area contributed by atoms with Crippen molar-refractivity contribution in [1.82, 2.24) is 5.32 Å². The number of hydrogen-bond donors (Lipinski definition) is 9. The van der Waals surface area contributed by atoms with Crippen molar-refractivity contribution in [3.05, 3.63) is 48.6 Å². The van der Waals surface area contributed by atoms with E-state index >= 15 is 0 Å². The van der Waals surface area contributed by atoms with Crippen LogP contribution in [0.2, 0.25) is 0 Å². The maximum absolute atomic E-state index is 13.0. The van der Waals surface area contributed by atoms with Gasteiger partial charge in [-0.3, -0.25) is 13.8 Å². The van der Waals surface area contributed by atoms with E-state index in [2.05, 4.69) is 55.6 Å². The van der Waals surface area contributed by atoms with Crippen LogP contribution in [0.5, 0.6) is 0 Å². The predicted molar refractivity (Wildman–Crippen MR) is 256 cm³/mol. The predicted octanol–water partition coefficient (Wildman–Crippen LogP) is 9.09. The van der Waals surface area contributed by atoms with E-state index in [1.807, 2.05) is 0 Å². The monoisotopic (exact) mass is 930 g/mol. The highest BCUT2D eigenvalue weighted by Gasteiger charge is 2.51. The zero-order valence-electron chi connectivity index (χ0n) is 39.7. The molecule has 0 heterocycles. The van der Waals surface area contributed by atoms with Crippen LogP contribution in [-0.4, -0.2) is 108 Å². The second-order valence-corrected chi connectivity index (χ2v) is 19.2. The average molecular weight is 930 g/mol. The van der Waals surface area contributed by atoms with Crippen molar-refractivity contribution in [3.8, 4) is 0 Å². The van der Waals surface area contributed by atoms with E-state index in [9.17, 15) is 50.0 Å². The van der Waals surface area contributed by atoms with Crippen molar-refractivity contribution in [2.24, 2.45) is 0 Å². The smallest absolute Gasteiger partial charge is 0.393 e. The molecule has 1 rings (SSSR count). The van der Waals surface area contributed by atoms with Crippen LogP contribution in [0.3, 0.4) is 0 Å². The summed E-state index contributed by atoms with van der Waals surface area (Å²) in [4.78, 5) is 23.5. The number of phosphoric acid groups is 1. The lowest BCUT2D eigenvalue weighted by Gasteiger charge is -2.41. The first-order valence-electron chi connectivity index (χ1n) is 25.2. The molecule has 1 aliphatic carbocycles. The number of aliphatic hydroxyl groups is 7. The molecule has 8 unspecified atom stereocenters. The summed E-state index contributed by atoms with van der Waals surface area (Å²) in [5.74, 6) is -0.613. The normalized spacial score (nSPS) is 23.1. The fraction of sp³-hybridized carbons (Fsp3) is 0.820. The standard InChI is InChI=1S/C50H92NO12P/c1-3-5-7-9-11-13-15-17-18-19-20-21-22-23-24-26-28-30-32-34-36-38-43(53)42(40-62-64(60,61)63-50-48(58)46(56)45(55)47(57)49(50)59)51-44(54)39-41(52)37-35-33-31-29-27-25-16-14-12-10-8-6-4-2/h14,16,22-23,28,30,36,38,41-43,45-50,52-53,55-59H,3-13,15,17-21,24-27,29,31-35,37,39-40H2,1-2H3,(H,51,54)(H,60,61)/b16-14-,23-22+,30-28+,38-36+. The van der Waals surface area contributed by atoms with Crippen LogP contribution >= 0.6 is 7.82 Å². The quantitative estimate of drug-likeness (QED) is 0.0159. The number of aliphatic hydroxyl groups excluding tert-OH is 7. The molecular formula is C50H92NO12P. The van der Waals surface area contributed by atoms with Crippen molar-refractivity contribution in [2.45, 2.75) is 255 Å². The van der Waals surface area contributed by atoms with Crippen LogP contribution in [0.4, 0.5) is 0 Å². The SMILES string of the molecule is CCCCCC/C=C\CCCCCCCC(O)CC(=O)NC(COP(=O)(O)OC1C(O)C(O)C(O)C(O)C1O)C(O)/C=C/CC/C=C/CC/C=C/CCCCCCCCCCCCC. The number of amides is 1. The van der Waals surface area contributed by atoms with Crippen molar-refractivity contribution >= 4 is 13.7 Å². The molecule has 0 aromatic rings. The Kier molecular flexibility index (Phi) is 37.0. The van der Waals surface area contributed by atoms with Crippen LogP contribution in [0.25, 0.3) is 0 Å². The molecule has 0 spiro atoms. The van der Waals surface area contributed by atoms with Crippen LogP contribution < -0.4 is 5.32 Å². The van der Waals surface area contributed by atoms with Gasteiger partial charge in [0.2, 0.25) is 5.91 Å². The van der Waals surface area contributed by atoms with Gasteiger partial charge in [-0.15, -0.1) is 0 Å². The first-order valence-corrected chi connectivity index (χ1v) is 26.7. The highest BCUT2D eigenvalue weighted by Crippen LogP contribution is 2.47. The second-order valence-electron chi connectivity index (χ2n) is 17.8. The van der Waals surface area contributed by atoms with E-state index in [4.69, 9.17) is 9.05 Å². The van der Waals surface area contributed by atoms with E-state index in [0.29, 0.717) is 19.3 Å². The number of carbonyl (C=O) groups excluding carboxylic acids is 1. The van der Waals surface area contributed by atoms with E-state index in [0.717, 1.165) is 64.2 Å². The molecule has 1 aliphatic rings. The summed E-state index contributed by atoms with van der Waals surface area (Å²) >= 11 is 0. The Morgan fingerprint density at radius 1 is 0.547 bits per heavy atom. The summed E-state index contributed by atoms with van der Waals surface area (Å²) < 4.78 is 22.9. The number of unbranched alkanes of at least 4 members (excludes halogenated alkanes) is 22. The van der Waals surface area contributed by atoms with Crippen LogP contribution in [0.1, 0.15) is 200 Å². The Morgan fingerprint density at radius 3 is 1.39 bits per heavy atom. The van der Waals surface area contributed by atoms with Crippen molar-refractivity contribution in [1.29, 1.82) is 0 Å². The maximum Gasteiger partial charge on any atom is 0.472 e. The summed E-state index contributed by atoms with van der Waals surface area (Å²) in [5, 5.41) is 74.5. The molecule has 9 N–H and O–H groups in total. The molecule has 1 amide bonds. The molecule has 1 saturated carbocycles. The Bertz CT molecular complexity index is 1280. The Labute approximate surface area is 387 Å². The minimum Gasteiger partial charge on any atom is -0.393 e. The molecule has 0 aromatic carbocycles. The van der Waals surface area contributed by atoms with Gasteiger partial charge in [0.15, 0.2) is 0 Å². The first kappa shape index (κ1) is 60.3. The van der Waals surface area contributed by atoms with Gasteiger partial charge in [0, 0.05) is 0 Å². The average Bonchev–Trinajstić information content (AvgIpc) is 3.27. The lowest BCUT2D eigenvalue weighted by atomic mass is 9.85. The number of allylic oxidation sites excluding steroid dienone is 7. The van der Waals surface area contributed by atoms with E-state index in [-0.39, 0.29) is 6.42 Å². The third-order valence-corrected chi connectivity index (χ3v) is 12.8. The van der Waals surface area contributed by atoms with Gasteiger partial charge in [0.05, 0.1) is 31.3 Å². The summed E-state index contributed by atoms with van der Waals surface area (Å²) in [6.07, 6.45) is 33.4. The largest absolute Gasteiger partial charge is 0.472 e. The minimum atomic E-state index is -5.16. The van der Waals surface area contributed by atoms with Crippen LogP contribution in [-0.2, 0) is 18.4 Å². The number of phosphoric ester groups is 1. The van der Waals surface area contributed by atoms with Gasteiger partial charge in [-0.1, -0.05) is 172 Å². The molecule has 0 aliphatic heterocycles. The zero-order chi connectivity index (χ0) is 47.3. The number of nitrogens with one attached hydrogen (secondary N) is 1. The fourth-order valence-electron chi connectivity index (χ4n) is 7.74. The molecule has 374 valence electrons. The molecule has 64 heavy (non-hydrogen) atoms. The number of rotatable bonds is 41. The molecule has 1 fully saturated rings. The van der Waals surface area contributed by atoms with Crippen LogP contribution in [0, 0.1) is 0 Å². The Hall–Kier alpha value is -1.74. The van der Waals surface area contributed by atoms with Gasteiger partial charge < -0.3 is 46.0 Å². The van der Waals surface area contributed by atoms with E-state index < -0.39 is 75.2 Å². The molecule has 13 nitrogen and oxygen atoms in total. The molecule has 0 bridgehead atoms. The van der Waals surface area contributed by atoms with E-state index in [1.54, 1.807) is 6.08 Å². The minimum absolute atomic E-state index is 0.263. The third-order valence-electron chi connectivity index (χ3n) is 11.9. The lowest BCUT2D eigenvalue weighted by Crippen LogP contribution is -2.64. The summed E-state index contributed by atoms with van der Waals surface area (Å²) in [5.41, 5.74) is 0. The third kappa shape index (κ3) is 30.5. The molecular weight excluding hydrogens is 838 g/mol. The highest BCUT2D eigenvalue weighted by atomic mass is 31.2. The summed E-state index contributed by atoms with van der Waals surface area (Å²) in [7, 11) is -5.16. The number of carbonyl (C=O) groups is 1. The van der Waals surface area contributed by atoms with Crippen molar-refractivity contribution in [2.75, 3.05) is 6.61 Å². The summed E-state index contributed by atoms with van der Waals surface area (Å²) in [6, 6.07) is -1.27. The van der Waals surface area contributed by atoms with Crippen molar-refractivity contribution in [3.63, 3.8) is 0 Å². The highest BCUT2D eigenvalue weighted by molar-refractivity contribution is 7.47. The topological polar surface area (TPSA) is 226 Å². The van der Waals surface area contributed by atoms with Gasteiger partial charge in [0.1, 0.15) is 36.6 Å². The van der Waals surface area contributed by atoms with Crippen LogP contribution in [0.15, 0.2) is 48.6 Å². The van der Waals surface area contributed by atoms with E-state index in [1.165, 1.54) is 102 Å². The van der Waals surface area contributed by atoms with Gasteiger partial charge in [-0.05, 0) is 70.6 Å². The maximum atomic E-state index is 13.0. The van der Waals surface area contributed by atoms with Crippen molar-refractivity contribution < 1.29 is 59.0 Å². The molecule has 14 heteroatoms. The molecule has 0 saturated heterocycles. The molecule has 8 atom stereocenters. The Balaban J connectivity index is 2.55. The van der Waals surface area contributed by atoms with Gasteiger partial charge in [-0.2, -0.15) is 0 Å².